The van der Waals surface area contributed by atoms with Crippen LogP contribution in [0.3, 0.4) is 0 Å². The number of benzene rings is 1. The van der Waals surface area contributed by atoms with E-state index in [-0.39, 0.29) is 4.90 Å². The molecule has 0 aliphatic heterocycles. The number of rotatable bonds is 4. The van der Waals surface area contributed by atoms with Crippen LogP contribution in [0.25, 0.3) is 0 Å². The predicted molar refractivity (Wildman–Crippen MR) is 63.6 cm³/mol. The highest BCUT2D eigenvalue weighted by Gasteiger charge is 2.23. The lowest BCUT2D eigenvalue weighted by Gasteiger charge is -2.09. The molecular weight excluding hydrogens is 242 g/mol. The van der Waals surface area contributed by atoms with Crippen molar-refractivity contribution in [3.05, 3.63) is 29.3 Å². The minimum absolute atomic E-state index is 0.109. The van der Waals surface area contributed by atoms with Crippen LogP contribution in [0, 0.1) is 13.8 Å². The molecule has 94 valence electrons. The Morgan fingerprint density at radius 3 is 2.41 bits per heavy atom. The average Bonchev–Trinajstić information content (AvgIpc) is 2.21. The van der Waals surface area contributed by atoms with Crippen LogP contribution in [0.15, 0.2) is 23.1 Å². The summed E-state index contributed by atoms with van der Waals surface area (Å²) >= 11 is 0. The summed E-state index contributed by atoms with van der Waals surface area (Å²) in [5.41, 5.74) is 7.05. The van der Waals surface area contributed by atoms with Crippen LogP contribution < -0.4 is 5.73 Å². The number of hydrogen-bond acceptors (Lipinski definition) is 4. The average molecular weight is 257 g/mol. The smallest absolute Gasteiger partial charge is 0.321 e. The molecule has 0 aliphatic rings. The van der Waals surface area contributed by atoms with Crippen LogP contribution >= 0.6 is 0 Å². The minimum atomic E-state index is -3.65. The van der Waals surface area contributed by atoms with Crippen LogP contribution in [-0.4, -0.2) is 31.3 Å². The summed E-state index contributed by atoms with van der Waals surface area (Å²) in [6, 6.07) is 3.28. The summed E-state index contributed by atoms with van der Waals surface area (Å²) in [7, 11) is -3.65. The van der Waals surface area contributed by atoms with Crippen molar-refractivity contribution < 1.29 is 18.3 Å². The fraction of sp³-hybridized carbons (Fsp3) is 0.364. The van der Waals surface area contributed by atoms with E-state index >= 15 is 0 Å². The molecular formula is C11H15NO4S. The van der Waals surface area contributed by atoms with E-state index < -0.39 is 27.6 Å². The Bertz CT molecular complexity index is 536. The van der Waals surface area contributed by atoms with E-state index in [1.807, 2.05) is 6.92 Å². The lowest BCUT2D eigenvalue weighted by Crippen LogP contribution is -2.37. The van der Waals surface area contributed by atoms with Gasteiger partial charge in [-0.1, -0.05) is 6.07 Å². The van der Waals surface area contributed by atoms with Gasteiger partial charge in [0, 0.05) is 0 Å². The Labute approximate surface area is 100 Å². The van der Waals surface area contributed by atoms with Crippen molar-refractivity contribution in [1.82, 2.24) is 0 Å². The van der Waals surface area contributed by atoms with Gasteiger partial charge in [-0.25, -0.2) is 8.42 Å². The second kappa shape index (κ2) is 4.85. The molecule has 0 aliphatic carbocycles. The van der Waals surface area contributed by atoms with Crippen LogP contribution in [-0.2, 0) is 14.6 Å². The molecule has 0 fully saturated rings. The second-order valence-electron chi connectivity index (χ2n) is 3.97. The Hall–Kier alpha value is -1.40. The molecule has 6 heteroatoms. The Morgan fingerprint density at radius 2 is 1.94 bits per heavy atom. The van der Waals surface area contributed by atoms with Crippen molar-refractivity contribution in [3.8, 4) is 0 Å². The molecule has 0 saturated heterocycles. The molecule has 3 N–H and O–H groups in total. The predicted octanol–water partition coefficient (Wildman–Crippen LogP) is 0.489. The van der Waals surface area contributed by atoms with Crippen LogP contribution in [0.2, 0.25) is 0 Å². The van der Waals surface area contributed by atoms with Crippen molar-refractivity contribution in [2.45, 2.75) is 24.8 Å². The number of carbonyl (C=O) groups is 1. The van der Waals surface area contributed by atoms with E-state index in [0.717, 1.165) is 11.1 Å². The lowest BCUT2D eigenvalue weighted by molar-refractivity contribution is -0.137. The molecule has 1 rings (SSSR count). The van der Waals surface area contributed by atoms with E-state index in [9.17, 15) is 13.2 Å². The molecule has 0 amide bonds. The SMILES string of the molecule is Cc1ccc(S(=O)(=O)CC(N)C(=O)O)cc1C. The van der Waals surface area contributed by atoms with Crippen LogP contribution in [0.1, 0.15) is 11.1 Å². The monoisotopic (exact) mass is 257 g/mol. The summed E-state index contributed by atoms with van der Waals surface area (Å²) in [6.45, 7) is 3.67. The maximum atomic E-state index is 11.9. The molecule has 0 radical (unpaired) electrons. The van der Waals surface area contributed by atoms with Gasteiger partial charge in [0.05, 0.1) is 10.6 Å². The van der Waals surface area contributed by atoms with E-state index in [1.54, 1.807) is 13.0 Å². The maximum absolute atomic E-state index is 11.9. The first-order valence-corrected chi connectivity index (χ1v) is 6.67. The highest BCUT2D eigenvalue weighted by molar-refractivity contribution is 7.91. The first-order valence-electron chi connectivity index (χ1n) is 5.02. The molecule has 1 aromatic rings. The van der Waals surface area contributed by atoms with Crippen LogP contribution in [0.5, 0.6) is 0 Å². The standard InChI is InChI=1S/C11H15NO4S/c1-7-3-4-9(5-8(7)2)17(15,16)6-10(12)11(13)14/h3-5,10H,6,12H2,1-2H3,(H,13,14). The number of hydrogen-bond donors (Lipinski definition) is 2. The van der Waals surface area contributed by atoms with E-state index in [4.69, 9.17) is 10.8 Å². The van der Waals surface area contributed by atoms with Gasteiger partial charge in [-0.05, 0) is 37.1 Å². The fourth-order valence-corrected chi connectivity index (χ4v) is 2.75. The van der Waals surface area contributed by atoms with Crippen molar-refractivity contribution in [1.29, 1.82) is 0 Å². The lowest BCUT2D eigenvalue weighted by atomic mass is 10.1. The molecule has 1 atom stereocenters. The van der Waals surface area contributed by atoms with Gasteiger partial charge >= 0.3 is 5.97 Å². The topological polar surface area (TPSA) is 97.5 Å². The molecule has 1 aromatic carbocycles. The first kappa shape index (κ1) is 13.7. The summed E-state index contributed by atoms with van der Waals surface area (Å²) in [6.07, 6.45) is 0. The molecule has 0 aromatic heterocycles. The van der Waals surface area contributed by atoms with Gasteiger partial charge in [-0.15, -0.1) is 0 Å². The van der Waals surface area contributed by atoms with E-state index in [0.29, 0.717) is 0 Å². The highest BCUT2D eigenvalue weighted by atomic mass is 32.2. The van der Waals surface area contributed by atoms with Gasteiger partial charge in [-0.2, -0.15) is 0 Å². The zero-order valence-corrected chi connectivity index (χ0v) is 10.5. The van der Waals surface area contributed by atoms with Gasteiger partial charge in [0.1, 0.15) is 6.04 Å². The molecule has 0 heterocycles. The first-order chi connectivity index (χ1) is 7.74. The van der Waals surface area contributed by atoms with Crippen molar-refractivity contribution >= 4 is 15.8 Å². The summed E-state index contributed by atoms with van der Waals surface area (Å²) in [5, 5.41) is 8.60. The number of carboxylic acid groups (broad SMARTS) is 1. The Kier molecular flexibility index (Phi) is 3.90. The highest BCUT2D eigenvalue weighted by Crippen LogP contribution is 2.16. The summed E-state index contributed by atoms with van der Waals surface area (Å²) in [5.74, 6) is -1.91. The van der Waals surface area contributed by atoms with Crippen molar-refractivity contribution in [2.75, 3.05) is 5.75 Å². The Balaban J connectivity index is 3.05. The molecule has 1 unspecified atom stereocenters. The van der Waals surface area contributed by atoms with Gasteiger partial charge in [-0.3, -0.25) is 4.79 Å². The van der Waals surface area contributed by atoms with E-state index in [1.165, 1.54) is 12.1 Å². The third-order valence-electron chi connectivity index (χ3n) is 2.55. The Morgan fingerprint density at radius 1 is 1.35 bits per heavy atom. The molecule has 17 heavy (non-hydrogen) atoms. The minimum Gasteiger partial charge on any atom is -0.480 e. The third kappa shape index (κ3) is 3.28. The summed E-state index contributed by atoms with van der Waals surface area (Å²) < 4.78 is 23.7. The number of carboxylic acids is 1. The number of sulfone groups is 1. The molecule has 0 spiro atoms. The number of aryl methyl sites for hydroxylation is 2. The van der Waals surface area contributed by atoms with Crippen molar-refractivity contribution in [3.63, 3.8) is 0 Å². The normalized spacial score (nSPS) is 13.4. The quantitative estimate of drug-likeness (QED) is 0.818. The van der Waals surface area contributed by atoms with Gasteiger partial charge in [0.15, 0.2) is 9.84 Å². The van der Waals surface area contributed by atoms with Gasteiger partial charge in [0.2, 0.25) is 0 Å². The number of nitrogens with two attached hydrogens (primary N) is 1. The fourth-order valence-electron chi connectivity index (χ4n) is 1.31. The van der Waals surface area contributed by atoms with Gasteiger partial charge < -0.3 is 10.8 Å². The second-order valence-corrected chi connectivity index (χ2v) is 6.01. The number of aliphatic carboxylic acids is 1. The third-order valence-corrected chi connectivity index (χ3v) is 4.32. The zero-order valence-electron chi connectivity index (χ0n) is 9.67. The molecule has 0 saturated carbocycles. The molecule has 0 bridgehead atoms. The van der Waals surface area contributed by atoms with E-state index in [2.05, 4.69) is 0 Å². The molecule has 5 nitrogen and oxygen atoms in total. The van der Waals surface area contributed by atoms with Crippen molar-refractivity contribution in [2.24, 2.45) is 5.73 Å². The van der Waals surface area contributed by atoms with Gasteiger partial charge in [0.25, 0.3) is 0 Å². The zero-order chi connectivity index (χ0) is 13.2. The summed E-state index contributed by atoms with van der Waals surface area (Å²) in [4.78, 5) is 10.6. The van der Waals surface area contributed by atoms with Crippen LogP contribution in [0.4, 0.5) is 0 Å². The maximum Gasteiger partial charge on any atom is 0.321 e. The largest absolute Gasteiger partial charge is 0.480 e.